The molecule has 5 heteroatoms. The van der Waals surface area contributed by atoms with Gasteiger partial charge in [-0.25, -0.2) is 0 Å². The Morgan fingerprint density at radius 1 is 1.10 bits per heavy atom. The molecule has 1 N–H and O–H groups in total. The number of nitrogens with one attached hydrogen (secondary N) is 1. The summed E-state index contributed by atoms with van der Waals surface area (Å²) in [6.45, 7) is 1.18. The molecular weight excluding hydrogens is 390 g/mol. The predicted molar refractivity (Wildman–Crippen MR) is 118 cm³/mol. The Labute approximate surface area is 181 Å². The third-order valence-electron chi connectivity index (χ3n) is 7.25. The summed E-state index contributed by atoms with van der Waals surface area (Å²) in [5.41, 5.74) is 5.85. The van der Waals surface area contributed by atoms with Crippen LogP contribution in [-0.4, -0.2) is 33.3 Å². The average molecular weight is 416 g/mol. The number of carbonyl (C=O) groups excluding carboxylic acids is 1. The van der Waals surface area contributed by atoms with Crippen LogP contribution in [0.2, 0.25) is 0 Å². The highest BCUT2D eigenvalue weighted by atomic mass is 16.7. The van der Waals surface area contributed by atoms with E-state index in [1.165, 1.54) is 27.0 Å². The predicted octanol–water partition coefficient (Wildman–Crippen LogP) is 3.06. The van der Waals surface area contributed by atoms with Crippen LogP contribution in [0, 0.1) is 0 Å². The van der Waals surface area contributed by atoms with Gasteiger partial charge in [0, 0.05) is 12.0 Å². The topological polar surface area (TPSA) is 49.2 Å². The third kappa shape index (κ3) is 2.76. The van der Waals surface area contributed by atoms with E-state index in [9.17, 15) is 4.79 Å². The fourth-order valence-corrected chi connectivity index (χ4v) is 5.68. The van der Waals surface area contributed by atoms with Crippen LogP contribution in [0.3, 0.4) is 0 Å². The van der Waals surface area contributed by atoms with Gasteiger partial charge in [-0.2, -0.15) is 0 Å². The second kappa shape index (κ2) is 6.99. The van der Waals surface area contributed by atoms with Crippen molar-refractivity contribution in [1.29, 1.82) is 0 Å². The summed E-state index contributed by atoms with van der Waals surface area (Å²) in [5.74, 6) is 2.32. The van der Waals surface area contributed by atoms with Gasteiger partial charge in [0.05, 0.1) is 32.7 Å². The van der Waals surface area contributed by atoms with Gasteiger partial charge in [-0.1, -0.05) is 30.3 Å². The molecule has 1 aliphatic carbocycles. The van der Waals surface area contributed by atoms with Gasteiger partial charge in [0.15, 0.2) is 17.3 Å². The SMILES string of the molecule is COc1c2c(cc3c1[C@@H](CC(=O)c1ccc4c5c(cccc15)CC4)[NH+](C)CC3)OCO2. The van der Waals surface area contributed by atoms with Gasteiger partial charge in [0.2, 0.25) is 12.5 Å². The zero-order valence-corrected chi connectivity index (χ0v) is 17.9. The molecule has 0 saturated heterocycles. The Hall–Kier alpha value is -3.05. The molecule has 2 heterocycles. The fraction of sp³-hybridized carbons (Fsp3) is 0.346. The Balaban J connectivity index is 1.42. The van der Waals surface area contributed by atoms with Gasteiger partial charge in [-0.15, -0.1) is 0 Å². The molecule has 5 nitrogen and oxygen atoms in total. The van der Waals surface area contributed by atoms with Crippen LogP contribution in [-0.2, 0) is 19.3 Å². The van der Waals surface area contributed by atoms with Crippen molar-refractivity contribution in [1.82, 2.24) is 0 Å². The molecule has 3 aliphatic rings. The molecule has 2 aliphatic heterocycles. The van der Waals surface area contributed by atoms with E-state index in [4.69, 9.17) is 14.2 Å². The molecule has 1 unspecified atom stereocenters. The van der Waals surface area contributed by atoms with Gasteiger partial charge in [0.1, 0.15) is 6.04 Å². The number of hydrogen-bond donors (Lipinski definition) is 1. The Bertz CT molecular complexity index is 1220. The Morgan fingerprint density at radius 3 is 2.77 bits per heavy atom. The smallest absolute Gasteiger partial charge is 0.231 e. The molecule has 0 aromatic heterocycles. The molecule has 0 bridgehead atoms. The molecular formula is C26H26NO4+. The summed E-state index contributed by atoms with van der Waals surface area (Å²) < 4.78 is 17.1. The quantitative estimate of drug-likeness (QED) is 0.665. The summed E-state index contributed by atoms with van der Waals surface area (Å²) in [4.78, 5) is 15.0. The van der Waals surface area contributed by atoms with E-state index in [-0.39, 0.29) is 18.6 Å². The number of Topliss-reactive ketones (excluding diaryl/α,β-unsaturated/α-hetero) is 1. The molecule has 3 aromatic rings. The van der Waals surface area contributed by atoms with E-state index in [1.54, 1.807) is 7.11 Å². The normalized spacial score (nSPS) is 20.7. The summed E-state index contributed by atoms with van der Waals surface area (Å²) in [7, 11) is 3.84. The van der Waals surface area contributed by atoms with E-state index >= 15 is 0 Å². The van der Waals surface area contributed by atoms with E-state index in [0.29, 0.717) is 12.2 Å². The van der Waals surface area contributed by atoms with Crippen molar-refractivity contribution in [3.05, 3.63) is 64.2 Å². The Kier molecular flexibility index (Phi) is 4.22. The number of rotatable bonds is 4. The minimum atomic E-state index is 0.0173. The van der Waals surface area contributed by atoms with E-state index in [2.05, 4.69) is 37.4 Å². The van der Waals surface area contributed by atoms with E-state index < -0.39 is 0 Å². The van der Waals surface area contributed by atoms with Crippen molar-refractivity contribution in [2.45, 2.75) is 31.7 Å². The van der Waals surface area contributed by atoms with Crippen molar-refractivity contribution < 1.29 is 23.9 Å². The highest BCUT2D eigenvalue weighted by molar-refractivity contribution is 6.10. The van der Waals surface area contributed by atoms with Crippen LogP contribution in [0.5, 0.6) is 17.2 Å². The number of fused-ring (bicyclic) bond motifs is 2. The molecule has 3 aromatic carbocycles. The molecule has 158 valence electrons. The van der Waals surface area contributed by atoms with Gasteiger partial charge in [-0.05, 0) is 46.4 Å². The maximum Gasteiger partial charge on any atom is 0.231 e. The highest BCUT2D eigenvalue weighted by Crippen LogP contribution is 2.48. The summed E-state index contributed by atoms with van der Waals surface area (Å²) in [6, 6.07) is 12.6. The first-order valence-corrected chi connectivity index (χ1v) is 11.0. The van der Waals surface area contributed by atoms with Crippen molar-refractivity contribution in [2.24, 2.45) is 0 Å². The highest BCUT2D eigenvalue weighted by Gasteiger charge is 2.38. The number of aryl methyl sites for hydroxylation is 2. The molecule has 0 spiro atoms. The number of likely N-dealkylation sites (N-methyl/N-ethyl adjacent to an activating group) is 1. The molecule has 0 amide bonds. The standard InChI is InChI=1S/C26H25NO4/c1-27-11-10-17-12-22-25(31-14-30-22)26(29-2)24(17)20(27)13-21(28)18-9-8-16-7-6-15-4-3-5-19(18)23(15)16/h3-5,8-9,12,20H,6-7,10-11,13-14H2,1-2H3/p+1/t20-/m1/s1. The summed E-state index contributed by atoms with van der Waals surface area (Å²) >= 11 is 0. The lowest BCUT2D eigenvalue weighted by molar-refractivity contribution is -0.913. The Morgan fingerprint density at radius 2 is 1.94 bits per heavy atom. The van der Waals surface area contributed by atoms with Crippen LogP contribution in [0.15, 0.2) is 36.4 Å². The molecule has 0 fully saturated rings. The van der Waals surface area contributed by atoms with Crippen LogP contribution in [0.4, 0.5) is 0 Å². The number of ketones is 1. The largest absolute Gasteiger partial charge is 0.492 e. The number of benzene rings is 3. The lowest BCUT2D eigenvalue weighted by Gasteiger charge is -2.32. The molecule has 2 atom stereocenters. The number of hydrogen-bond acceptors (Lipinski definition) is 4. The van der Waals surface area contributed by atoms with E-state index in [1.807, 2.05) is 6.07 Å². The first-order valence-electron chi connectivity index (χ1n) is 11.0. The van der Waals surface area contributed by atoms with Gasteiger partial charge >= 0.3 is 0 Å². The van der Waals surface area contributed by atoms with Crippen LogP contribution in [0.1, 0.15) is 45.1 Å². The number of ether oxygens (including phenoxy) is 3. The monoisotopic (exact) mass is 416 g/mol. The van der Waals surface area contributed by atoms with Crippen molar-refractivity contribution in [3.8, 4) is 17.2 Å². The van der Waals surface area contributed by atoms with Crippen molar-refractivity contribution >= 4 is 16.6 Å². The molecule has 31 heavy (non-hydrogen) atoms. The average Bonchev–Trinajstić information content (AvgIpc) is 3.42. The van der Waals surface area contributed by atoms with Gasteiger partial charge < -0.3 is 19.1 Å². The zero-order valence-electron chi connectivity index (χ0n) is 17.9. The van der Waals surface area contributed by atoms with Gasteiger partial charge in [-0.3, -0.25) is 4.79 Å². The first-order chi connectivity index (χ1) is 15.2. The summed E-state index contributed by atoms with van der Waals surface area (Å²) in [6.07, 6.45) is 3.50. The molecule has 0 saturated carbocycles. The third-order valence-corrected chi connectivity index (χ3v) is 7.25. The number of methoxy groups -OCH3 is 1. The second-order valence-corrected chi connectivity index (χ2v) is 8.85. The number of carbonyl (C=O) groups is 1. The zero-order chi connectivity index (χ0) is 21.1. The minimum absolute atomic E-state index is 0.0173. The summed E-state index contributed by atoms with van der Waals surface area (Å²) in [5, 5.41) is 2.39. The van der Waals surface area contributed by atoms with Crippen LogP contribution in [0.25, 0.3) is 10.8 Å². The van der Waals surface area contributed by atoms with Crippen molar-refractivity contribution in [3.63, 3.8) is 0 Å². The lowest BCUT2D eigenvalue weighted by Crippen LogP contribution is -3.10. The minimum Gasteiger partial charge on any atom is -0.492 e. The van der Waals surface area contributed by atoms with E-state index in [0.717, 1.165) is 53.8 Å². The molecule has 6 rings (SSSR count). The second-order valence-electron chi connectivity index (χ2n) is 8.85. The first kappa shape index (κ1) is 18.7. The van der Waals surface area contributed by atoms with Crippen molar-refractivity contribution in [2.75, 3.05) is 27.5 Å². The maximum absolute atomic E-state index is 13.6. The van der Waals surface area contributed by atoms with Crippen LogP contribution < -0.4 is 19.1 Å². The molecule has 0 radical (unpaired) electrons. The fourth-order valence-electron chi connectivity index (χ4n) is 5.68. The lowest BCUT2D eigenvalue weighted by atomic mass is 9.86. The van der Waals surface area contributed by atoms with Crippen LogP contribution >= 0.6 is 0 Å². The number of quaternary nitrogens is 1. The van der Waals surface area contributed by atoms with Gasteiger partial charge in [0.25, 0.3) is 0 Å². The maximum atomic E-state index is 13.6.